The number of carbonyl (C=O) groups is 1. The zero-order chi connectivity index (χ0) is 21.8. The normalized spacial score (nSPS) is 11.8. The fraction of sp³-hybridized carbons (Fsp3) is 0.174. The first-order valence-corrected chi connectivity index (χ1v) is 11.3. The van der Waals surface area contributed by atoms with Crippen LogP contribution in [0.4, 0.5) is 0 Å². The molecule has 1 atom stereocenters. The lowest BCUT2D eigenvalue weighted by atomic mass is 10.0. The number of carbonyl (C=O) groups excluding carboxylic acids is 1. The highest BCUT2D eigenvalue weighted by atomic mass is 79.9. The van der Waals surface area contributed by atoms with Crippen LogP contribution in [0, 0.1) is 0 Å². The fourth-order valence-corrected chi connectivity index (χ4v) is 4.58. The molecule has 0 radical (unpaired) electrons. The molecule has 31 heavy (non-hydrogen) atoms. The molecule has 0 saturated heterocycles. The maximum absolute atomic E-state index is 13.0. The van der Waals surface area contributed by atoms with E-state index in [9.17, 15) is 4.79 Å². The number of benzene rings is 2. The zero-order valence-corrected chi connectivity index (χ0v) is 19.5. The molecular weight excluding hydrogens is 476 g/mol. The maximum atomic E-state index is 13.0. The Hall–Kier alpha value is -2.97. The van der Waals surface area contributed by atoms with Gasteiger partial charge in [-0.15, -0.1) is 11.3 Å². The van der Waals surface area contributed by atoms with E-state index in [0.29, 0.717) is 5.75 Å². The van der Waals surface area contributed by atoms with E-state index in [2.05, 4.69) is 31.2 Å². The van der Waals surface area contributed by atoms with Gasteiger partial charge in [-0.05, 0) is 18.2 Å². The van der Waals surface area contributed by atoms with Crippen molar-refractivity contribution >= 4 is 33.2 Å². The summed E-state index contributed by atoms with van der Waals surface area (Å²) in [5.74, 6) is 1.29. The molecule has 1 unspecified atom stereocenters. The number of nitrogens with one attached hydrogen (secondary N) is 1. The molecule has 0 spiro atoms. The second-order valence-corrected chi connectivity index (χ2v) is 8.74. The number of hydrogen-bond acceptors (Lipinski definition) is 5. The first-order valence-electron chi connectivity index (χ1n) is 9.65. The molecule has 0 aliphatic carbocycles. The Morgan fingerprint density at radius 2 is 2.10 bits per heavy atom. The molecule has 2 aromatic carbocycles. The molecule has 0 fully saturated rings. The highest BCUT2D eigenvalue weighted by Gasteiger charge is 2.24. The van der Waals surface area contributed by atoms with Gasteiger partial charge in [-0.25, -0.2) is 9.97 Å². The van der Waals surface area contributed by atoms with Crippen LogP contribution in [0.2, 0.25) is 0 Å². The topological polar surface area (TPSA) is 69.0 Å². The van der Waals surface area contributed by atoms with Crippen LogP contribution in [0.5, 0.6) is 5.75 Å². The molecule has 4 aromatic rings. The summed E-state index contributed by atoms with van der Waals surface area (Å²) in [5, 5.41) is 5.92. The van der Waals surface area contributed by atoms with Crippen LogP contribution >= 0.6 is 27.3 Å². The van der Waals surface area contributed by atoms with Crippen molar-refractivity contribution in [3.8, 4) is 16.3 Å². The standard InChI is InChI=1S/C23H21BrN4O2S/c1-28-11-10-25-22(28)21(18-8-3-4-9-19(18)30-2)27-20(29)13-17-14-31-23(26-17)15-6-5-7-16(24)12-15/h3-12,14,21H,13H2,1-2H3,(H,27,29). The van der Waals surface area contributed by atoms with Gasteiger partial charge in [-0.2, -0.15) is 0 Å². The molecule has 158 valence electrons. The number of methoxy groups -OCH3 is 1. The van der Waals surface area contributed by atoms with E-state index in [1.54, 1.807) is 13.3 Å². The predicted octanol–water partition coefficient (Wildman–Crippen LogP) is 4.76. The maximum Gasteiger partial charge on any atom is 0.226 e. The summed E-state index contributed by atoms with van der Waals surface area (Å²) in [5.41, 5.74) is 2.60. The lowest BCUT2D eigenvalue weighted by molar-refractivity contribution is -0.121. The number of amides is 1. The predicted molar refractivity (Wildman–Crippen MR) is 125 cm³/mol. The summed E-state index contributed by atoms with van der Waals surface area (Å²) >= 11 is 5.01. The van der Waals surface area contributed by atoms with E-state index >= 15 is 0 Å². The van der Waals surface area contributed by atoms with Crippen LogP contribution in [0.1, 0.15) is 23.1 Å². The van der Waals surface area contributed by atoms with Gasteiger partial charge in [0.2, 0.25) is 5.91 Å². The van der Waals surface area contributed by atoms with Crippen molar-refractivity contribution < 1.29 is 9.53 Å². The SMILES string of the molecule is COc1ccccc1C(NC(=O)Cc1csc(-c2cccc(Br)c2)n1)c1nccn1C. The van der Waals surface area contributed by atoms with Crippen molar-refractivity contribution in [2.75, 3.05) is 7.11 Å². The van der Waals surface area contributed by atoms with Crippen molar-refractivity contribution in [3.63, 3.8) is 0 Å². The van der Waals surface area contributed by atoms with Crippen LogP contribution in [-0.2, 0) is 18.3 Å². The van der Waals surface area contributed by atoms with Crippen molar-refractivity contribution in [2.45, 2.75) is 12.5 Å². The third-order valence-corrected chi connectivity index (χ3v) is 6.27. The van der Waals surface area contributed by atoms with Crippen molar-refractivity contribution in [3.05, 3.63) is 87.9 Å². The summed E-state index contributed by atoms with van der Waals surface area (Å²) in [7, 11) is 3.52. The smallest absolute Gasteiger partial charge is 0.226 e. The average molecular weight is 497 g/mol. The van der Waals surface area contributed by atoms with Crippen LogP contribution in [0.15, 0.2) is 70.8 Å². The van der Waals surface area contributed by atoms with Gasteiger partial charge in [0.25, 0.3) is 0 Å². The van der Waals surface area contributed by atoms with E-state index in [-0.39, 0.29) is 12.3 Å². The van der Waals surface area contributed by atoms with Gasteiger partial charge in [-0.1, -0.05) is 46.3 Å². The molecule has 2 aromatic heterocycles. The van der Waals surface area contributed by atoms with Gasteiger partial charge in [0.05, 0.1) is 19.2 Å². The minimum absolute atomic E-state index is 0.134. The number of nitrogens with zero attached hydrogens (tertiary/aromatic N) is 3. The number of aryl methyl sites for hydroxylation is 1. The number of thiazole rings is 1. The molecule has 2 heterocycles. The molecule has 1 amide bonds. The second kappa shape index (κ2) is 9.45. The lowest BCUT2D eigenvalue weighted by Crippen LogP contribution is -2.32. The Morgan fingerprint density at radius 1 is 1.26 bits per heavy atom. The summed E-state index contributed by atoms with van der Waals surface area (Å²) in [6.07, 6.45) is 3.75. The van der Waals surface area contributed by atoms with E-state index in [1.807, 2.05) is 71.7 Å². The first-order chi connectivity index (χ1) is 15.0. The number of imidazole rings is 1. The summed E-state index contributed by atoms with van der Waals surface area (Å²) in [6, 6.07) is 15.2. The Kier molecular flexibility index (Phi) is 6.48. The Labute approximate surface area is 193 Å². The monoisotopic (exact) mass is 496 g/mol. The second-order valence-electron chi connectivity index (χ2n) is 6.97. The number of halogens is 1. The number of aromatic nitrogens is 3. The molecular formula is C23H21BrN4O2S. The van der Waals surface area contributed by atoms with Crippen LogP contribution in [-0.4, -0.2) is 27.6 Å². The molecule has 0 aliphatic rings. The van der Waals surface area contributed by atoms with Gasteiger partial charge < -0.3 is 14.6 Å². The minimum atomic E-state index is -0.438. The zero-order valence-electron chi connectivity index (χ0n) is 17.1. The lowest BCUT2D eigenvalue weighted by Gasteiger charge is -2.21. The van der Waals surface area contributed by atoms with Crippen molar-refractivity contribution in [1.82, 2.24) is 19.9 Å². The Bertz CT molecular complexity index is 1200. The largest absolute Gasteiger partial charge is 0.496 e. The Morgan fingerprint density at radius 3 is 2.84 bits per heavy atom. The van der Waals surface area contributed by atoms with Crippen LogP contribution < -0.4 is 10.1 Å². The highest BCUT2D eigenvalue weighted by molar-refractivity contribution is 9.10. The third-order valence-electron chi connectivity index (χ3n) is 4.84. The molecule has 0 saturated carbocycles. The van der Waals surface area contributed by atoms with E-state index in [1.165, 1.54) is 11.3 Å². The number of rotatable bonds is 7. The quantitative estimate of drug-likeness (QED) is 0.400. The Balaban J connectivity index is 1.56. The average Bonchev–Trinajstić information content (AvgIpc) is 3.41. The molecule has 0 aliphatic heterocycles. The summed E-state index contributed by atoms with van der Waals surface area (Å²) in [4.78, 5) is 22.1. The molecule has 0 bridgehead atoms. The first kappa shape index (κ1) is 21.3. The number of hydrogen-bond donors (Lipinski definition) is 1. The number of para-hydroxylation sites is 1. The molecule has 1 N–H and O–H groups in total. The van der Waals surface area contributed by atoms with Crippen molar-refractivity contribution in [1.29, 1.82) is 0 Å². The van der Waals surface area contributed by atoms with E-state index in [4.69, 9.17) is 4.74 Å². The molecule has 6 nitrogen and oxygen atoms in total. The van der Waals surface area contributed by atoms with Gasteiger partial charge in [0.15, 0.2) is 0 Å². The third kappa shape index (κ3) is 4.86. The van der Waals surface area contributed by atoms with Gasteiger partial charge in [0, 0.05) is 40.4 Å². The molecule has 8 heteroatoms. The summed E-state index contributed by atoms with van der Waals surface area (Å²) in [6.45, 7) is 0. The van der Waals surface area contributed by atoms with Gasteiger partial charge in [0.1, 0.15) is 22.6 Å². The van der Waals surface area contributed by atoms with Crippen molar-refractivity contribution in [2.24, 2.45) is 7.05 Å². The van der Waals surface area contributed by atoms with E-state index in [0.717, 1.165) is 32.1 Å². The summed E-state index contributed by atoms with van der Waals surface area (Å²) < 4.78 is 8.41. The van der Waals surface area contributed by atoms with Gasteiger partial charge >= 0.3 is 0 Å². The highest BCUT2D eigenvalue weighted by Crippen LogP contribution is 2.30. The molecule has 4 rings (SSSR count). The number of ether oxygens (including phenoxy) is 1. The minimum Gasteiger partial charge on any atom is -0.496 e. The van der Waals surface area contributed by atoms with Gasteiger partial charge in [-0.3, -0.25) is 4.79 Å². The van der Waals surface area contributed by atoms with Crippen LogP contribution in [0.25, 0.3) is 10.6 Å². The van der Waals surface area contributed by atoms with Crippen LogP contribution in [0.3, 0.4) is 0 Å². The van der Waals surface area contributed by atoms with E-state index < -0.39 is 6.04 Å². The fourth-order valence-electron chi connectivity index (χ4n) is 3.36.